The first-order valence-corrected chi connectivity index (χ1v) is 9.10. The normalized spacial score (nSPS) is 10.3. The molecule has 0 aliphatic rings. The van der Waals surface area contributed by atoms with E-state index in [1.807, 2.05) is 54.6 Å². The van der Waals surface area contributed by atoms with Gasteiger partial charge in [-0.15, -0.1) is 0 Å². The number of rotatable bonds is 9. The van der Waals surface area contributed by atoms with Gasteiger partial charge in [0.15, 0.2) is 6.61 Å². The average Bonchev–Trinajstić information content (AvgIpc) is 2.72. The van der Waals surface area contributed by atoms with Crippen molar-refractivity contribution >= 4 is 5.91 Å². The number of hydrogen-bond acceptors (Lipinski definition) is 3. The smallest absolute Gasteiger partial charge is 0.257 e. The maximum atomic E-state index is 13.1. The molecule has 0 atom stereocenters. The molecule has 0 aliphatic heterocycles. The van der Waals surface area contributed by atoms with Crippen molar-refractivity contribution < 1.29 is 18.7 Å². The van der Waals surface area contributed by atoms with Crippen LogP contribution < -0.4 is 14.8 Å². The summed E-state index contributed by atoms with van der Waals surface area (Å²) < 4.78 is 24.1. The van der Waals surface area contributed by atoms with Crippen molar-refractivity contribution in [1.82, 2.24) is 5.32 Å². The average molecular weight is 379 g/mol. The lowest BCUT2D eigenvalue weighted by molar-refractivity contribution is -0.123. The van der Waals surface area contributed by atoms with Crippen LogP contribution in [0.15, 0.2) is 78.9 Å². The lowest BCUT2D eigenvalue weighted by Gasteiger charge is -2.09. The summed E-state index contributed by atoms with van der Waals surface area (Å²) in [6, 6.07) is 23.5. The SMILES string of the molecule is O=C(COc1cccc(F)c1)NCCc1ccc(OCc2ccccc2)cc1. The highest BCUT2D eigenvalue weighted by atomic mass is 19.1. The van der Waals surface area contributed by atoms with E-state index in [0.29, 0.717) is 25.3 Å². The Morgan fingerprint density at radius 2 is 1.61 bits per heavy atom. The molecule has 0 bridgehead atoms. The predicted octanol–water partition coefficient (Wildman–Crippen LogP) is 4.14. The van der Waals surface area contributed by atoms with Gasteiger partial charge in [0, 0.05) is 12.6 Å². The first-order valence-electron chi connectivity index (χ1n) is 9.10. The summed E-state index contributed by atoms with van der Waals surface area (Å²) in [6.45, 7) is 0.882. The van der Waals surface area contributed by atoms with Gasteiger partial charge in [0.1, 0.15) is 23.9 Å². The van der Waals surface area contributed by atoms with Crippen LogP contribution in [0.2, 0.25) is 0 Å². The van der Waals surface area contributed by atoms with Crippen LogP contribution in [0.5, 0.6) is 11.5 Å². The Morgan fingerprint density at radius 3 is 2.36 bits per heavy atom. The molecule has 0 aliphatic carbocycles. The summed E-state index contributed by atoms with van der Waals surface area (Å²) in [5.41, 5.74) is 2.22. The Labute approximate surface area is 163 Å². The Balaban J connectivity index is 1.35. The minimum Gasteiger partial charge on any atom is -0.489 e. The van der Waals surface area contributed by atoms with Gasteiger partial charge in [0.25, 0.3) is 5.91 Å². The molecule has 0 heterocycles. The molecule has 1 N–H and O–H groups in total. The van der Waals surface area contributed by atoms with E-state index < -0.39 is 5.82 Å². The van der Waals surface area contributed by atoms with Gasteiger partial charge in [-0.05, 0) is 41.8 Å². The van der Waals surface area contributed by atoms with Crippen LogP contribution in [0.1, 0.15) is 11.1 Å². The largest absolute Gasteiger partial charge is 0.489 e. The van der Waals surface area contributed by atoms with Crippen LogP contribution in [-0.2, 0) is 17.8 Å². The van der Waals surface area contributed by atoms with Gasteiger partial charge in [-0.2, -0.15) is 0 Å². The van der Waals surface area contributed by atoms with Gasteiger partial charge in [0.05, 0.1) is 0 Å². The standard InChI is InChI=1S/C23H22FNO3/c24-20-7-4-8-22(15-20)28-17-23(26)25-14-13-18-9-11-21(12-10-18)27-16-19-5-2-1-3-6-19/h1-12,15H,13-14,16-17H2,(H,25,26). The second-order valence-electron chi connectivity index (χ2n) is 6.26. The molecule has 0 unspecified atom stereocenters. The zero-order valence-corrected chi connectivity index (χ0v) is 15.4. The molecule has 0 saturated heterocycles. The maximum Gasteiger partial charge on any atom is 0.257 e. The number of amides is 1. The van der Waals surface area contributed by atoms with E-state index in [4.69, 9.17) is 9.47 Å². The van der Waals surface area contributed by atoms with E-state index in [2.05, 4.69) is 5.32 Å². The van der Waals surface area contributed by atoms with E-state index in [0.717, 1.165) is 16.9 Å². The second-order valence-corrected chi connectivity index (χ2v) is 6.26. The van der Waals surface area contributed by atoms with Crippen molar-refractivity contribution in [1.29, 1.82) is 0 Å². The van der Waals surface area contributed by atoms with Crippen LogP contribution in [0, 0.1) is 5.82 Å². The van der Waals surface area contributed by atoms with Crippen molar-refractivity contribution in [2.24, 2.45) is 0 Å². The first-order chi connectivity index (χ1) is 13.7. The first kappa shape index (κ1) is 19.4. The topological polar surface area (TPSA) is 47.6 Å². The zero-order chi connectivity index (χ0) is 19.6. The van der Waals surface area contributed by atoms with Gasteiger partial charge in [-0.1, -0.05) is 48.5 Å². The molecular weight excluding hydrogens is 357 g/mol. The summed E-state index contributed by atoms with van der Waals surface area (Å²) in [5.74, 6) is 0.502. The summed E-state index contributed by atoms with van der Waals surface area (Å²) in [6.07, 6.45) is 0.699. The molecular formula is C23H22FNO3. The van der Waals surface area contributed by atoms with Crippen LogP contribution in [0.25, 0.3) is 0 Å². The van der Waals surface area contributed by atoms with Crippen molar-refractivity contribution in [2.75, 3.05) is 13.2 Å². The maximum absolute atomic E-state index is 13.1. The number of ether oxygens (including phenoxy) is 2. The monoisotopic (exact) mass is 379 g/mol. The van der Waals surface area contributed by atoms with E-state index in [9.17, 15) is 9.18 Å². The van der Waals surface area contributed by atoms with E-state index in [1.165, 1.54) is 18.2 Å². The molecule has 5 heteroatoms. The number of carbonyl (C=O) groups is 1. The Kier molecular flexibility index (Phi) is 7.01. The third kappa shape index (κ3) is 6.43. The summed E-state index contributed by atoms with van der Waals surface area (Å²) >= 11 is 0. The fraction of sp³-hybridized carbons (Fsp3) is 0.174. The fourth-order valence-electron chi connectivity index (χ4n) is 2.60. The highest BCUT2D eigenvalue weighted by Crippen LogP contribution is 2.14. The lowest BCUT2D eigenvalue weighted by atomic mass is 10.1. The molecule has 0 saturated carbocycles. The molecule has 0 aromatic heterocycles. The molecule has 0 radical (unpaired) electrons. The summed E-state index contributed by atoms with van der Waals surface area (Å²) in [5, 5.41) is 2.79. The van der Waals surface area contributed by atoms with E-state index in [1.54, 1.807) is 6.07 Å². The summed E-state index contributed by atoms with van der Waals surface area (Å²) in [7, 11) is 0. The third-order valence-corrected chi connectivity index (χ3v) is 4.07. The number of halogens is 1. The molecule has 0 fully saturated rings. The molecule has 1 amide bonds. The number of benzene rings is 3. The van der Waals surface area contributed by atoms with E-state index in [-0.39, 0.29) is 12.5 Å². The van der Waals surface area contributed by atoms with Gasteiger partial charge >= 0.3 is 0 Å². The minimum atomic E-state index is -0.394. The number of hydrogen-bond donors (Lipinski definition) is 1. The van der Waals surface area contributed by atoms with Gasteiger partial charge in [-0.3, -0.25) is 4.79 Å². The quantitative estimate of drug-likeness (QED) is 0.608. The summed E-state index contributed by atoms with van der Waals surface area (Å²) in [4.78, 5) is 11.8. The van der Waals surface area contributed by atoms with Crippen molar-refractivity contribution in [3.05, 3.63) is 95.8 Å². The lowest BCUT2D eigenvalue weighted by Crippen LogP contribution is -2.30. The Hall–Kier alpha value is -3.34. The molecule has 4 nitrogen and oxygen atoms in total. The van der Waals surface area contributed by atoms with Crippen LogP contribution in [-0.4, -0.2) is 19.1 Å². The second kappa shape index (κ2) is 10.1. The highest BCUT2D eigenvalue weighted by Gasteiger charge is 2.04. The Bertz CT molecular complexity index is 882. The van der Waals surface area contributed by atoms with Crippen molar-refractivity contribution in [3.8, 4) is 11.5 Å². The highest BCUT2D eigenvalue weighted by molar-refractivity contribution is 5.77. The van der Waals surface area contributed by atoms with Crippen LogP contribution >= 0.6 is 0 Å². The fourth-order valence-corrected chi connectivity index (χ4v) is 2.60. The Morgan fingerprint density at radius 1 is 0.821 bits per heavy atom. The molecule has 0 spiro atoms. The van der Waals surface area contributed by atoms with Gasteiger partial charge in [0.2, 0.25) is 0 Å². The van der Waals surface area contributed by atoms with Crippen molar-refractivity contribution in [2.45, 2.75) is 13.0 Å². The number of nitrogens with one attached hydrogen (secondary N) is 1. The zero-order valence-electron chi connectivity index (χ0n) is 15.4. The van der Waals surface area contributed by atoms with Gasteiger partial charge in [-0.25, -0.2) is 4.39 Å². The molecule has 144 valence electrons. The molecule has 3 aromatic rings. The predicted molar refractivity (Wildman–Crippen MR) is 106 cm³/mol. The van der Waals surface area contributed by atoms with E-state index >= 15 is 0 Å². The number of carbonyl (C=O) groups excluding carboxylic acids is 1. The molecule has 3 rings (SSSR count). The molecule has 3 aromatic carbocycles. The van der Waals surface area contributed by atoms with Crippen LogP contribution in [0.3, 0.4) is 0 Å². The minimum absolute atomic E-state index is 0.143. The van der Waals surface area contributed by atoms with Crippen LogP contribution in [0.4, 0.5) is 4.39 Å². The van der Waals surface area contributed by atoms with Gasteiger partial charge < -0.3 is 14.8 Å². The van der Waals surface area contributed by atoms with Crippen molar-refractivity contribution in [3.63, 3.8) is 0 Å². The third-order valence-electron chi connectivity index (χ3n) is 4.07. The molecule has 28 heavy (non-hydrogen) atoms.